The standard InChI is InChI=1S/C8H13N3O2/c1-3-6(9)10-5-4-7(12)11(2)8(5)13/h5H,3-4H2,1-2H3,(H2,9,10). The van der Waals surface area contributed by atoms with Crippen molar-refractivity contribution in [1.82, 2.24) is 4.90 Å². The molecule has 0 spiro atoms. The highest BCUT2D eigenvalue weighted by molar-refractivity contribution is 6.06. The third kappa shape index (κ3) is 1.85. The maximum atomic E-state index is 11.3. The van der Waals surface area contributed by atoms with Crippen LogP contribution in [0.5, 0.6) is 0 Å². The minimum Gasteiger partial charge on any atom is -0.387 e. The summed E-state index contributed by atoms with van der Waals surface area (Å²) in [6, 6.07) is -0.586. The lowest BCUT2D eigenvalue weighted by atomic mass is 10.2. The summed E-state index contributed by atoms with van der Waals surface area (Å²) in [5.74, 6) is -0.0366. The number of hydrogen-bond acceptors (Lipinski definition) is 3. The number of likely N-dealkylation sites (tertiary alicyclic amines) is 1. The third-order valence-corrected chi connectivity index (χ3v) is 2.04. The van der Waals surface area contributed by atoms with E-state index in [0.29, 0.717) is 12.3 Å². The van der Waals surface area contributed by atoms with Crippen LogP contribution >= 0.6 is 0 Å². The number of rotatable bonds is 2. The second-order valence-electron chi connectivity index (χ2n) is 2.98. The highest BCUT2D eigenvalue weighted by Gasteiger charge is 2.35. The first-order valence-electron chi connectivity index (χ1n) is 4.18. The molecule has 1 fully saturated rings. The number of amides is 2. The number of hydrogen-bond donors (Lipinski definition) is 1. The van der Waals surface area contributed by atoms with E-state index in [4.69, 9.17) is 5.73 Å². The molecule has 2 N–H and O–H groups in total. The van der Waals surface area contributed by atoms with Gasteiger partial charge in [0, 0.05) is 13.5 Å². The van der Waals surface area contributed by atoms with Gasteiger partial charge >= 0.3 is 0 Å². The number of imide groups is 1. The van der Waals surface area contributed by atoms with Crippen LogP contribution in [0.15, 0.2) is 4.99 Å². The second-order valence-corrected chi connectivity index (χ2v) is 2.98. The lowest BCUT2D eigenvalue weighted by Gasteiger charge is -2.05. The average Bonchev–Trinajstić information content (AvgIpc) is 2.34. The summed E-state index contributed by atoms with van der Waals surface area (Å²) in [6.45, 7) is 1.85. The summed E-state index contributed by atoms with van der Waals surface area (Å²) in [4.78, 5) is 27.4. The molecule has 13 heavy (non-hydrogen) atoms. The highest BCUT2D eigenvalue weighted by atomic mass is 16.2. The van der Waals surface area contributed by atoms with Crippen LogP contribution in [0.1, 0.15) is 19.8 Å². The van der Waals surface area contributed by atoms with E-state index in [0.717, 1.165) is 4.90 Å². The van der Waals surface area contributed by atoms with Crippen LogP contribution in [0.3, 0.4) is 0 Å². The normalized spacial score (nSPS) is 24.3. The van der Waals surface area contributed by atoms with E-state index in [1.165, 1.54) is 7.05 Å². The lowest BCUT2D eigenvalue weighted by molar-refractivity contribution is -0.136. The van der Waals surface area contributed by atoms with Gasteiger partial charge in [0.1, 0.15) is 6.04 Å². The average molecular weight is 183 g/mol. The van der Waals surface area contributed by atoms with Crippen molar-refractivity contribution in [2.24, 2.45) is 10.7 Å². The molecule has 0 aromatic carbocycles. The van der Waals surface area contributed by atoms with Gasteiger partial charge in [0.05, 0.1) is 12.3 Å². The van der Waals surface area contributed by atoms with Crippen LogP contribution in [-0.4, -0.2) is 35.6 Å². The molecule has 5 heteroatoms. The van der Waals surface area contributed by atoms with Gasteiger partial charge < -0.3 is 5.73 Å². The Bertz CT molecular complexity index is 273. The zero-order chi connectivity index (χ0) is 10.0. The van der Waals surface area contributed by atoms with Crippen LogP contribution in [0.2, 0.25) is 0 Å². The Morgan fingerprint density at radius 2 is 2.31 bits per heavy atom. The summed E-state index contributed by atoms with van der Waals surface area (Å²) in [6.07, 6.45) is 0.748. The van der Waals surface area contributed by atoms with Crippen molar-refractivity contribution in [1.29, 1.82) is 0 Å². The number of carbonyl (C=O) groups excluding carboxylic acids is 2. The number of aliphatic imine (C=N–C) groups is 1. The quantitative estimate of drug-likeness (QED) is 0.356. The van der Waals surface area contributed by atoms with E-state index in [2.05, 4.69) is 4.99 Å². The summed E-state index contributed by atoms with van der Waals surface area (Å²) >= 11 is 0. The molecule has 0 aromatic rings. The lowest BCUT2D eigenvalue weighted by Crippen LogP contribution is -2.28. The van der Waals surface area contributed by atoms with Crippen LogP contribution in [0.4, 0.5) is 0 Å². The minimum atomic E-state index is -0.586. The van der Waals surface area contributed by atoms with Crippen molar-refractivity contribution in [3.05, 3.63) is 0 Å². The zero-order valence-corrected chi connectivity index (χ0v) is 7.78. The predicted octanol–water partition coefficient (Wildman–Crippen LogP) is -0.489. The molecule has 0 saturated carbocycles. The topological polar surface area (TPSA) is 75.8 Å². The first-order chi connectivity index (χ1) is 6.06. The Morgan fingerprint density at radius 1 is 1.69 bits per heavy atom. The first-order valence-corrected chi connectivity index (χ1v) is 4.18. The van der Waals surface area contributed by atoms with Gasteiger partial charge in [-0.1, -0.05) is 6.92 Å². The van der Waals surface area contributed by atoms with Gasteiger partial charge in [0.25, 0.3) is 5.91 Å². The molecular weight excluding hydrogens is 170 g/mol. The van der Waals surface area contributed by atoms with Gasteiger partial charge in [-0.3, -0.25) is 19.5 Å². The molecule has 0 bridgehead atoms. The van der Waals surface area contributed by atoms with Gasteiger partial charge in [-0.15, -0.1) is 0 Å². The van der Waals surface area contributed by atoms with Crippen LogP contribution in [0, 0.1) is 0 Å². The van der Waals surface area contributed by atoms with E-state index in [9.17, 15) is 9.59 Å². The van der Waals surface area contributed by atoms with Crippen molar-refractivity contribution in [3.8, 4) is 0 Å². The molecule has 1 aliphatic heterocycles. The van der Waals surface area contributed by atoms with E-state index in [1.54, 1.807) is 0 Å². The Kier molecular flexibility index (Phi) is 2.65. The molecule has 72 valence electrons. The fourth-order valence-corrected chi connectivity index (χ4v) is 1.13. The van der Waals surface area contributed by atoms with Gasteiger partial charge in [-0.2, -0.15) is 0 Å². The summed E-state index contributed by atoms with van der Waals surface area (Å²) in [5, 5.41) is 0. The van der Waals surface area contributed by atoms with Crippen molar-refractivity contribution in [2.45, 2.75) is 25.8 Å². The van der Waals surface area contributed by atoms with Crippen molar-refractivity contribution in [3.63, 3.8) is 0 Å². The largest absolute Gasteiger partial charge is 0.387 e. The number of amidine groups is 1. The number of carbonyl (C=O) groups is 2. The smallest absolute Gasteiger partial charge is 0.254 e. The Balaban J connectivity index is 2.75. The molecule has 0 aliphatic carbocycles. The summed E-state index contributed by atoms with van der Waals surface area (Å²) in [7, 11) is 1.46. The van der Waals surface area contributed by atoms with Gasteiger partial charge in [0.2, 0.25) is 5.91 Å². The van der Waals surface area contributed by atoms with Crippen molar-refractivity contribution >= 4 is 17.6 Å². The van der Waals surface area contributed by atoms with Crippen LogP contribution < -0.4 is 5.73 Å². The van der Waals surface area contributed by atoms with Crippen LogP contribution in [-0.2, 0) is 9.59 Å². The highest BCUT2D eigenvalue weighted by Crippen LogP contribution is 2.13. The second kappa shape index (κ2) is 3.55. The number of nitrogens with two attached hydrogens (primary N) is 1. The Hall–Kier alpha value is -1.39. The molecule has 2 amide bonds. The molecule has 1 rings (SSSR count). The minimum absolute atomic E-state index is 0.149. The van der Waals surface area contributed by atoms with Crippen molar-refractivity contribution < 1.29 is 9.59 Å². The number of likely N-dealkylation sites (N-methyl/N-ethyl adjacent to an activating group) is 1. The molecule has 1 aliphatic rings. The first kappa shape index (κ1) is 9.70. The van der Waals surface area contributed by atoms with Gasteiger partial charge in [0.15, 0.2) is 0 Å². The maximum absolute atomic E-state index is 11.3. The summed E-state index contributed by atoms with van der Waals surface area (Å²) < 4.78 is 0. The van der Waals surface area contributed by atoms with E-state index in [1.807, 2.05) is 6.92 Å². The number of nitrogens with zero attached hydrogens (tertiary/aromatic N) is 2. The Labute approximate surface area is 76.6 Å². The molecular formula is C8H13N3O2. The van der Waals surface area contributed by atoms with Gasteiger partial charge in [-0.05, 0) is 0 Å². The maximum Gasteiger partial charge on any atom is 0.254 e. The molecule has 0 radical (unpaired) electrons. The Morgan fingerprint density at radius 3 is 2.69 bits per heavy atom. The summed E-state index contributed by atoms with van der Waals surface area (Å²) in [5.41, 5.74) is 5.47. The third-order valence-electron chi connectivity index (χ3n) is 2.04. The van der Waals surface area contributed by atoms with Gasteiger partial charge in [-0.25, -0.2) is 0 Å². The molecule has 5 nitrogen and oxygen atoms in total. The monoisotopic (exact) mass is 183 g/mol. The molecule has 1 unspecified atom stereocenters. The zero-order valence-electron chi connectivity index (χ0n) is 7.78. The molecule has 1 atom stereocenters. The fourth-order valence-electron chi connectivity index (χ4n) is 1.13. The van der Waals surface area contributed by atoms with E-state index < -0.39 is 6.04 Å². The molecule has 1 heterocycles. The molecule has 1 saturated heterocycles. The van der Waals surface area contributed by atoms with Crippen molar-refractivity contribution in [2.75, 3.05) is 7.05 Å². The fraction of sp³-hybridized carbons (Fsp3) is 0.625. The van der Waals surface area contributed by atoms with E-state index >= 15 is 0 Å². The predicted molar refractivity (Wildman–Crippen MR) is 48.1 cm³/mol. The molecule has 0 aromatic heterocycles. The van der Waals surface area contributed by atoms with Crippen LogP contribution in [0.25, 0.3) is 0 Å². The van der Waals surface area contributed by atoms with E-state index in [-0.39, 0.29) is 18.2 Å². The SMILES string of the molecule is CCC(N)=NC1CC(=O)N(C)C1=O.